The Morgan fingerprint density at radius 2 is 1.94 bits per heavy atom. The van der Waals surface area contributed by atoms with E-state index in [4.69, 9.17) is 16.1 Å². The molecule has 1 amide bonds. The van der Waals surface area contributed by atoms with E-state index in [-0.39, 0.29) is 24.6 Å². The van der Waals surface area contributed by atoms with Gasteiger partial charge in [-0.3, -0.25) is 4.79 Å². The van der Waals surface area contributed by atoms with E-state index in [0.29, 0.717) is 28.1 Å². The summed E-state index contributed by atoms with van der Waals surface area (Å²) in [5.41, 5.74) is 1.50. The van der Waals surface area contributed by atoms with Gasteiger partial charge in [-0.1, -0.05) is 28.9 Å². The summed E-state index contributed by atoms with van der Waals surface area (Å²) in [6.07, 6.45) is 3.92. The van der Waals surface area contributed by atoms with Crippen LogP contribution < -0.4 is 5.32 Å². The van der Waals surface area contributed by atoms with Crippen molar-refractivity contribution in [2.24, 2.45) is 7.05 Å². The van der Waals surface area contributed by atoms with E-state index in [2.05, 4.69) is 20.4 Å². The number of carbonyl (C=O) groups is 1. The second-order valence-electron chi connectivity index (χ2n) is 6.97. The van der Waals surface area contributed by atoms with Crippen molar-refractivity contribution in [2.75, 3.05) is 0 Å². The van der Waals surface area contributed by atoms with Crippen LogP contribution in [0.3, 0.4) is 0 Å². The molecule has 0 aliphatic rings. The van der Waals surface area contributed by atoms with Crippen molar-refractivity contribution in [1.82, 2.24) is 25.0 Å². The monoisotopic (exact) mass is 439 g/mol. The molecule has 0 aliphatic carbocycles. The van der Waals surface area contributed by atoms with E-state index >= 15 is 0 Å². The molecule has 9 heteroatoms. The molecule has 4 aromatic rings. The van der Waals surface area contributed by atoms with Crippen molar-refractivity contribution >= 4 is 17.5 Å². The van der Waals surface area contributed by atoms with Gasteiger partial charge < -0.3 is 14.4 Å². The molecule has 0 fully saturated rings. The van der Waals surface area contributed by atoms with Crippen LogP contribution in [0.15, 0.2) is 65.4 Å². The van der Waals surface area contributed by atoms with Gasteiger partial charge >= 0.3 is 0 Å². The number of carbonyl (C=O) groups excluding carboxylic acids is 1. The number of amides is 1. The Kier molecular flexibility index (Phi) is 6.08. The maximum atomic E-state index is 13.1. The summed E-state index contributed by atoms with van der Waals surface area (Å²) in [7, 11) is 1.87. The average Bonchev–Trinajstić information content (AvgIpc) is 3.41. The molecular formula is C22H19ClFN5O2. The summed E-state index contributed by atoms with van der Waals surface area (Å²) < 4.78 is 20.2. The van der Waals surface area contributed by atoms with Gasteiger partial charge in [0.25, 0.3) is 0 Å². The van der Waals surface area contributed by atoms with Crippen LogP contribution in [-0.2, 0) is 18.3 Å². The lowest BCUT2D eigenvalue weighted by molar-refractivity contribution is -0.121. The Morgan fingerprint density at radius 3 is 2.61 bits per heavy atom. The fourth-order valence-corrected chi connectivity index (χ4v) is 3.26. The highest BCUT2D eigenvalue weighted by molar-refractivity contribution is 6.30. The third-order valence-electron chi connectivity index (χ3n) is 4.76. The summed E-state index contributed by atoms with van der Waals surface area (Å²) in [4.78, 5) is 21.3. The van der Waals surface area contributed by atoms with Crippen molar-refractivity contribution in [2.45, 2.75) is 18.9 Å². The van der Waals surface area contributed by atoms with Gasteiger partial charge in [0.05, 0.1) is 0 Å². The maximum absolute atomic E-state index is 13.1. The molecule has 2 heterocycles. The highest BCUT2D eigenvalue weighted by atomic mass is 35.5. The van der Waals surface area contributed by atoms with E-state index in [1.54, 1.807) is 30.5 Å². The summed E-state index contributed by atoms with van der Waals surface area (Å²) in [6.45, 7) is 0. The van der Waals surface area contributed by atoms with E-state index in [1.165, 1.54) is 12.1 Å². The van der Waals surface area contributed by atoms with Crippen LogP contribution in [0.4, 0.5) is 4.39 Å². The largest absolute Gasteiger partial charge is 0.342 e. The lowest BCUT2D eigenvalue weighted by Gasteiger charge is -2.19. The summed E-state index contributed by atoms with van der Waals surface area (Å²) in [5.74, 6) is 0.848. The summed E-state index contributed by atoms with van der Waals surface area (Å²) >= 11 is 6.00. The van der Waals surface area contributed by atoms with Crippen LogP contribution in [0.5, 0.6) is 0 Å². The second kappa shape index (κ2) is 9.09. The van der Waals surface area contributed by atoms with Crippen LogP contribution in [0.25, 0.3) is 11.4 Å². The first kappa shape index (κ1) is 20.7. The van der Waals surface area contributed by atoms with Gasteiger partial charge in [-0.15, -0.1) is 0 Å². The number of aromatic nitrogens is 4. The lowest BCUT2D eigenvalue weighted by Crippen LogP contribution is -2.31. The molecule has 1 N–H and O–H groups in total. The Morgan fingerprint density at radius 1 is 1.19 bits per heavy atom. The van der Waals surface area contributed by atoms with E-state index in [0.717, 1.165) is 5.56 Å². The van der Waals surface area contributed by atoms with Crippen LogP contribution >= 0.6 is 11.6 Å². The third-order valence-corrected chi connectivity index (χ3v) is 5.01. The lowest BCUT2D eigenvalue weighted by atomic mass is 10.1. The minimum atomic E-state index is -0.428. The van der Waals surface area contributed by atoms with Crippen molar-refractivity contribution in [3.8, 4) is 11.4 Å². The van der Waals surface area contributed by atoms with Crippen LogP contribution in [0.2, 0.25) is 5.02 Å². The van der Waals surface area contributed by atoms with Crippen molar-refractivity contribution in [3.63, 3.8) is 0 Å². The number of benzene rings is 2. The Hall–Kier alpha value is -3.52. The van der Waals surface area contributed by atoms with Gasteiger partial charge in [0.2, 0.25) is 17.6 Å². The number of hydrogen-bond acceptors (Lipinski definition) is 5. The maximum Gasteiger partial charge on any atom is 0.227 e. The minimum Gasteiger partial charge on any atom is -0.342 e. The Balaban J connectivity index is 1.43. The van der Waals surface area contributed by atoms with Gasteiger partial charge in [0.15, 0.2) is 0 Å². The second-order valence-corrected chi connectivity index (χ2v) is 7.40. The normalized spacial score (nSPS) is 12.0. The first-order valence-corrected chi connectivity index (χ1v) is 9.98. The standard InChI is InChI=1S/C22H19ClFN5O2/c1-29-13-12-25-22(29)20(14-2-6-16(23)7-3-14)26-18(30)10-11-19-27-21(28-31-19)15-4-8-17(24)9-5-15/h2-9,12-13,20H,10-11H2,1H3,(H,26,30). The molecule has 31 heavy (non-hydrogen) atoms. The molecule has 0 radical (unpaired) electrons. The van der Waals surface area contributed by atoms with Gasteiger partial charge in [0.1, 0.15) is 17.7 Å². The Bertz CT molecular complexity index is 1170. The molecule has 7 nitrogen and oxygen atoms in total. The molecule has 2 aromatic carbocycles. The first-order valence-electron chi connectivity index (χ1n) is 9.60. The number of nitrogens with one attached hydrogen (secondary N) is 1. The molecule has 158 valence electrons. The minimum absolute atomic E-state index is 0.152. The van der Waals surface area contributed by atoms with Gasteiger partial charge in [0, 0.05) is 42.9 Å². The molecular weight excluding hydrogens is 421 g/mol. The summed E-state index contributed by atoms with van der Waals surface area (Å²) in [5, 5.41) is 7.52. The van der Waals surface area contributed by atoms with Crippen molar-refractivity contribution in [1.29, 1.82) is 0 Å². The number of imidazole rings is 1. The SMILES string of the molecule is Cn1ccnc1C(NC(=O)CCc1nc(-c2ccc(F)cc2)no1)c1ccc(Cl)cc1. The number of hydrogen-bond donors (Lipinski definition) is 1. The molecule has 1 unspecified atom stereocenters. The zero-order valence-corrected chi connectivity index (χ0v) is 17.4. The molecule has 4 rings (SSSR count). The highest BCUT2D eigenvalue weighted by Gasteiger charge is 2.21. The topological polar surface area (TPSA) is 85.8 Å². The highest BCUT2D eigenvalue weighted by Crippen LogP contribution is 2.23. The van der Waals surface area contributed by atoms with Crippen molar-refractivity contribution < 1.29 is 13.7 Å². The number of aryl methyl sites for hydroxylation is 2. The molecule has 0 saturated carbocycles. The van der Waals surface area contributed by atoms with E-state index in [1.807, 2.05) is 29.9 Å². The first-order chi connectivity index (χ1) is 15.0. The average molecular weight is 440 g/mol. The fourth-order valence-electron chi connectivity index (χ4n) is 3.13. The van der Waals surface area contributed by atoms with Gasteiger partial charge in [-0.2, -0.15) is 4.98 Å². The number of rotatable bonds is 7. The van der Waals surface area contributed by atoms with E-state index < -0.39 is 6.04 Å². The molecule has 0 spiro atoms. The van der Waals surface area contributed by atoms with Gasteiger partial charge in [-0.25, -0.2) is 9.37 Å². The fraction of sp³-hybridized carbons (Fsp3) is 0.182. The molecule has 0 aliphatic heterocycles. The van der Waals surface area contributed by atoms with E-state index in [9.17, 15) is 9.18 Å². The number of nitrogens with zero attached hydrogens (tertiary/aromatic N) is 4. The molecule has 1 atom stereocenters. The molecule has 2 aromatic heterocycles. The van der Waals surface area contributed by atoms with Crippen LogP contribution in [0.1, 0.15) is 29.7 Å². The smallest absolute Gasteiger partial charge is 0.227 e. The molecule has 0 bridgehead atoms. The van der Waals surface area contributed by atoms with Gasteiger partial charge in [-0.05, 0) is 42.0 Å². The predicted molar refractivity (Wildman–Crippen MR) is 113 cm³/mol. The molecule has 0 saturated heterocycles. The zero-order chi connectivity index (χ0) is 21.8. The zero-order valence-electron chi connectivity index (χ0n) is 16.6. The van der Waals surface area contributed by atoms with Crippen molar-refractivity contribution in [3.05, 3.63) is 89.0 Å². The van der Waals surface area contributed by atoms with Crippen LogP contribution in [0, 0.1) is 5.82 Å². The number of halogens is 2. The summed E-state index contributed by atoms with van der Waals surface area (Å²) in [6, 6.07) is 12.6. The third kappa shape index (κ3) is 4.97. The van der Waals surface area contributed by atoms with Crippen LogP contribution in [-0.4, -0.2) is 25.6 Å². The Labute approximate surface area is 182 Å². The quantitative estimate of drug-likeness (QED) is 0.468. The predicted octanol–water partition coefficient (Wildman–Crippen LogP) is 4.10.